The molecule has 0 aliphatic carbocycles. The molecule has 2 aliphatic heterocycles. The summed E-state index contributed by atoms with van der Waals surface area (Å²) in [4.78, 5) is 25.2. The Bertz CT molecular complexity index is 703. The molecule has 5 nitrogen and oxygen atoms in total. The molecule has 2 heterocycles. The van der Waals surface area contributed by atoms with Crippen LogP contribution in [-0.4, -0.2) is 36.0 Å². The molecule has 0 fully saturated rings. The summed E-state index contributed by atoms with van der Waals surface area (Å²) in [6.45, 7) is 6.05. The summed E-state index contributed by atoms with van der Waals surface area (Å²) in [7, 11) is 0. The average Bonchev–Trinajstić information content (AvgIpc) is 2.59. The number of carbonyl (C=O) groups is 2. The number of benzene rings is 1. The zero-order valence-electron chi connectivity index (χ0n) is 15.1. The van der Waals surface area contributed by atoms with Crippen molar-refractivity contribution in [3.05, 3.63) is 41.5 Å². The van der Waals surface area contributed by atoms with Gasteiger partial charge in [0.2, 0.25) is 0 Å². The van der Waals surface area contributed by atoms with Gasteiger partial charge in [0.05, 0.1) is 6.04 Å². The second-order valence-corrected chi connectivity index (χ2v) is 7.68. The lowest BCUT2D eigenvalue weighted by Crippen LogP contribution is -2.45. The minimum Gasteiger partial charge on any atom is -0.459 e. The number of rotatable bonds is 3. The van der Waals surface area contributed by atoms with Crippen molar-refractivity contribution in [3.63, 3.8) is 0 Å². The van der Waals surface area contributed by atoms with E-state index in [0.29, 0.717) is 18.5 Å². The van der Waals surface area contributed by atoms with Gasteiger partial charge in [0.1, 0.15) is 11.6 Å². The average molecular weight is 342 g/mol. The van der Waals surface area contributed by atoms with E-state index in [0.717, 1.165) is 18.5 Å². The highest BCUT2D eigenvalue weighted by molar-refractivity contribution is 6.02. The highest BCUT2D eigenvalue weighted by Gasteiger charge is 2.32. The summed E-state index contributed by atoms with van der Waals surface area (Å²) in [5.41, 5.74) is 2.47. The minimum absolute atomic E-state index is 0.0876. The Morgan fingerprint density at radius 2 is 1.92 bits per heavy atom. The van der Waals surface area contributed by atoms with Crippen LogP contribution in [-0.2, 0) is 20.7 Å². The van der Waals surface area contributed by atoms with Gasteiger partial charge in [0, 0.05) is 18.7 Å². The van der Waals surface area contributed by atoms with Crippen LogP contribution in [0.3, 0.4) is 0 Å². The highest BCUT2D eigenvalue weighted by atomic mass is 16.6. The van der Waals surface area contributed by atoms with Gasteiger partial charge in [-0.15, -0.1) is 0 Å². The molecule has 1 aromatic rings. The predicted octanol–water partition coefficient (Wildman–Crippen LogP) is 2.61. The summed E-state index contributed by atoms with van der Waals surface area (Å²) in [6, 6.07) is 7.41. The molecule has 1 aromatic carbocycles. The van der Waals surface area contributed by atoms with Crippen LogP contribution in [0, 0.1) is 0 Å². The lowest BCUT2D eigenvalue weighted by Gasteiger charge is -2.30. The first-order valence-electron chi connectivity index (χ1n) is 8.87. The molecule has 2 N–H and O–H groups in total. The SMILES string of the molecule is CC(C)(C)OC(=O)C1CC(C(=O)C2CCc3ccccc3N2)=CCN1. The van der Waals surface area contributed by atoms with Crippen LogP contribution in [0.1, 0.15) is 39.2 Å². The van der Waals surface area contributed by atoms with E-state index in [1.54, 1.807) is 0 Å². The Morgan fingerprint density at radius 3 is 2.68 bits per heavy atom. The second-order valence-electron chi connectivity index (χ2n) is 7.68. The first-order valence-corrected chi connectivity index (χ1v) is 8.87. The van der Waals surface area contributed by atoms with Gasteiger partial charge in [-0.2, -0.15) is 0 Å². The molecule has 2 unspecified atom stereocenters. The number of nitrogens with one attached hydrogen (secondary N) is 2. The number of carbonyl (C=O) groups excluding carboxylic acids is 2. The number of ketones is 1. The Labute approximate surface area is 148 Å². The van der Waals surface area contributed by atoms with Crippen LogP contribution in [0.4, 0.5) is 5.69 Å². The first kappa shape index (κ1) is 17.7. The lowest BCUT2D eigenvalue weighted by atomic mass is 9.89. The monoisotopic (exact) mass is 342 g/mol. The number of fused-ring (bicyclic) bond motifs is 1. The number of Topliss-reactive ketones (excluding diaryl/α,β-unsaturated/α-hetero) is 1. The smallest absolute Gasteiger partial charge is 0.324 e. The minimum atomic E-state index is -0.529. The van der Waals surface area contributed by atoms with Gasteiger partial charge in [0.25, 0.3) is 0 Å². The van der Waals surface area contributed by atoms with Gasteiger partial charge in [-0.3, -0.25) is 9.59 Å². The Morgan fingerprint density at radius 1 is 1.16 bits per heavy atom. The topological polar surface area (TPSA) is 67.4 Å². The van der Waals surface area contributed by atoms with E-state index in [1.807, 2.05) is 45.0 Å². The van der Waals surface area contributed by atoms with Crippen molar-refractivity contribution in [1.82, 2.24) is 5.32 Å². The summed E-state index contributed by atoms with van der Waals surface area (Å²) in [6.07, 6.45) is 3.94. The molecule has 134 valence electrons. The molecule has 25 heavy (non-hydrogen) atoms. The zero-order chi connectivity index (χ0) is 18.0. The third-order valence-corrected chi connectivity index (χ3v) is 4.51. The van der Waals surface area contributed by atoms with E-state index < -0.39 is 11.6 Å². The van der Waals surface area contributed by atoms with Crippen LogP contribution < -0.4 is 10.6 Å². The lowest BCUT2D eigenvalue weighted by molar-refractivity contribution is -0.157. The Hall–Kier alpha value is -2.14. The Balaban J connectivity index is 1.65. The normalized spacial score (nSPS) is 23.1. The second kappa shape index (κ2) is 7.00. The third kappa shape index (κ3) is 4.28. The molecule has 0 saturated heterocycles. The van der Waals surface area contributed by atoms with Gasteiger partial charge in [-0.25, -0.2) is 0 Å². The summed E-state index contributed by atoms with van der Waals surface area (Å²) < 4.78 is 5.44. The number of anilines is 1. The van der Waals surface area contributed by atoms with E-state index in [4.69, 9.17) is 4.74 Å². The summed E-state index contributed by atoms with van der Waals surface area (Å²) in [5.74, 6) is -0.211. The fourth-order valence-corrected chi connectivity index (χ4v) is 3.30. The molecule has 3 rings (SSSR count). The van der Waals surface area contributed by atoms with Crippen LogP contribution in [0.2, 0.25) is 0 Å². The van der Waals surface area contributed by atoms with Gasteiger partial charge >= 0.3 is 5.97 Å². The van der Waals surface area contributed by atoms with Crippen molar-refractivity contribution in [2.45, 2.75) is 57.7 Å². The van der Waals surface area contributed by atoms with Crippen LogP contribution in [0.5, 0.6) is 0 Å². The fraction of sp³-hybridized carbons (Fsp3) is 0.500. The molecule has 2 aliphatic rings. The van der Waals surface area contributed by atoms with Gasteiger partial charge in [-0.05, 0) is 50.8 Å². The van der Waals surface area contributed by atoms with Crippen molar-refractivity contribution in [3.8, 4) is 0 Å². The number of para-hydroxylation sites is 1. The zero-order valence-corrected chi connectivity index (χ0v) is 15.1. The standard InChI is InChI=1S/C20H26N2O3/c1-20(2,3)25-19(24)17-12-14(10-11-21-17)18(23)16-9-8-13-6-4-5-7-15(13)22-16/h4-7,10,16-17,21-22H,8-9,11-12H2,1-3H3. The maximum absolute atomic E-state index is 12.9. The van der Waals surface area contributed by atoms with E-state index in [1.165, 1.54) is 5.56 Å². The Kier molecular flexibility index (Phi) is 4.95. The molecule has 0 spiro atoms. The molecule has 0 saturated carbocycles. The van der Waals surface area contributed by atoms with Crippen LogP contribution in [0.25, 0.3) is 0 Å². The summed E-state index contributed by atoms with van der Waals surface area (Å²) in [5, 5.41) is 6.47. The van der Waals surface area contributed by atoms with Gasteiger partial charge in [0.15, 0.2) is 5.78 Å². The maximum atomic E-state index is 12.9. The fourth-order valence-electron chi connectivity index (χ4n) is 3.30. The molecular formula is C20H26N2O3. The largest absolute Gasteiger partial charge is 0.459 e. The summed E-state index contributed by atoms with van der Waals surface area (Å²) >= 11 is 0. The number of ether oxygens (including phenoxy) is 1. The maximum Gasteiger partial charge on any atom is 0.324 e. The number of esters is 1. The molecule has 5 heteroatoms. The number of hydrogen-bond donors (Lipinski definition) is 2. The van der Waals surface area contributed by atoms with Crippen molar-refractivity contribution in [2.24, 2.45) is 0 Å². The van der Waals surface area contributed by atoms with Crippen molar-refractivity contribution >= 4 is 17.4 Å². The molecule has 0 amide bonds. The van der Waals surface area contributed by atoms with E-state index >= 15 is 0 Å². The van der Waals surface area contributed by atoms with E-state index in [-0.39, 0.29) is 17.8 Å². The van der Waals surface area contributed by atoms with E-state index in [9.17, 15) is 9.59 Å². The molecule has 0 radical (unpaired) electrons. The molecule has 0 bridgehead atoms. The van der Waals surface area contributed by atoms with Crippen molar-refractivity contribution in [2.75, 3.05) is 11.9 Å². The van der Waals surface area contributed by atoms with Crippen LogP contribution in [0.15, 0.2) is 35.9 Å². The molecular weight excluding hydrogens is 316 g/mol. The third-order valence-electron chi connectivity index (χ3n) is 4.51. The molecule has 2 atom stereocenters. The van der Waals surface area contributed by atoms with Crippen LogP contribution >= 0.6 is 0 Å². The van der Waals surface area contributed by atoms with Crippen molar-refractivity contribution < 1.29 is 14.3 Å². The molecule has 0 aromatic heterocycles. The first-order chi connectivity index (χ1) is 11.8. The van der Waals surface area contributed by atoms with Crippen molar-refractivity contribution in [1.29, 1.82) is 0 Å². The number of hydrogen-bond acceptors (Lipinski definition) is 5. The van der Waals surface area contributed by atoms with E-state index in [2.05, 4.69) is 16.7 Å². The highest BCUT2D eigenvalue weighted by Crippen LogP contribution is 2.27. The van der Waals surface area contributed by atoms with Gasteiger partial charge < -0.3 is 15.4 Å². The number of aryl methyl sites for hydroxylation is 1. The predicted molar refractivity (Wildman–Crippen MR) is 97.5 cm³/mol. The quantitative estimate of drug-likeness (QED) is 0.827. The van der Waals surface area contributed by atoms with Gasteiger partial charge in [-0.1, -0.05) is 24.3 Å².